The number of ether oxygens (including phenoxy) is 2. The van der Waals surface area contributed by atoms with Crippen molar-refractivity contribution in [2.75, 3.05) is 33.4 Å². The number of hydrogen-bond acceptors (Lipinski definition) is 3. The van der Waals surface area contributed by atoms with Gasteiger partial charge in [-0.05, 0) is 39.3 Å². The van der Waals surface area contributed by atoms with E-state index >= 15 is 0 Å². The first-order valence-corrected chi connectivity index (χ1v) is 5.27. The van der Waals surface area contributed by atoms with Crippen LogP contribution >= 0.6 is 0 Å². The topological polar surface area (TPSA) is 30.5 Å². The Bertz CT molecular complexity index is 113. The fourth-order valence-electron chi connectivity index (χ4n) is 1.50. The van der Waals surface area contributed by atoms with Gasteiger partial charge in [-0.1, -0.05) is 0 Å². The lowest BCUT2D eigenvalue weighted by molar-refractivity contribution is -0.0325. The van der Waals surface area contributed by atoms with Crippen molar-refractivity contribution in [1.29, 1.82) is 0 Å². The highest BCUT2D eigenvalue weighted by Gasteiger charge is 2.13. The molecule has 0 aromatic rings. The molecule has 0 spiro atoms. The predicted octanol–water partition coefficient (Wildman–Crippen LogP) is 1.18. The Kier molecular flexibility index (Phi) is 6.15. The van der Waals surface area contributed by atoms with Crippen molar-refractivity contribution in [2.45, 2.75) is 31.8 Å². The van der Waals surface area contributed by atoms with Gasteiger partial charge < -0.3 is 14.8 Å². The van der Waals surface area contributed by atoms with E-state index in [0.717, 1.165) is 45.6 Å². The van der Waals surface area contributed by atoms with E-state index in [1.165, 1.54) is 6.42 Å². The SMILES string of the molecule is CNCCCCOC1CCOCC1. The maximum atomic E-state index is 5.72. The van der Waals surface area contributed by atoms with E-state index in [4.69, 9.17) is 9.47 Å². The van der Waals surface area contributed by atoms with Crippen LogP contribution in [-0.2, 0) is 9.47 Å². The molecule has 1 aliphatic rings. The second kappa shape index (κ2) is 7.30. The Morgan fingerprint density at radius 3 is 2.77 bits per heavy atom. The van der Waals surface area contributed by atoms with Crippen molar-refractivity contribution >= 4 is 0 Å². The van der Waals surface area contributed by atoms with Gasteiger partial charge in [-0.3, -0.25) is 0 Å². The van der Waals surface area contributed by atoms with Crippen molar-refractivity contribution in [2.24, 2.45) is 0 Å². The zero-order valence-corrected chi connectivity index (χ0v) is 8.55. The van der Waals surface area contributed by atoms with Gasteiger partial charge in [0.2, 0.25) is 0 Å². The van der Waals surface area contributed by atoms with Crippen LogP contribution < -0.4 is 5.32 Å². The molecule has 0 radical (unpaired) electrons. The lowest BCUT2D eigenvalue weighted by Crippen LogP contribution is -2.23. The summed E-state index contributed by atoms with van der Waals surface area (Å²) in [4.78, 5) is 0. The van der Waals surface area contributed by atoms with Crippen molar-refractivity contribution in [1.82, 2.24) is 5.32 Å². The van der Waals surface area contributed by atoms with Gasteiger partial charge in [-0.25, -0.2) is 0 Å². The van der Waals surface area contributed by atoms with Gasteiger partial charge in [0.1, 0.15) is 0 Å². The largest absolute Gasteiger partial charge is 0.381 e. The van der Waals surface area contributed by atoms with E-state index in [1.54, 1.807) is 0 Å². The zero-order valence-electron chi connectivity index (χ0n) is 8.55. The highest BCUT2D eigenvalue weighted by Crippen LogP contribution is 2.10. The minimum Gasteiger partial charge on any atom is -0.381 e. The van der Waals surface area contributed by atoms with Gasteiger partial charge in [0.05, 0.1) is 6.10 Å². The van der Waals surface area contributed by atoms with Gasteiger partial charge in [0.15, 0.2) is 0 Å². The van der Waals surface area contributed by atoms with Crippen LogP contribution in [0.3, 0.4) is 0 Å². The summed E-state index contributed by atoms with van der Waals surface area (Å²) >= 11 is 0. The fraction of sp³-hybridized carbons (Fsp3) is 1.00. The van der Waals surface area contributed by atoms with Crippen LogP contribution in [0.5, 0.6) is 0 Å². The summed E-state index contributed by atoms with van der Waals surface area (Å²) < 4.78 is 11.0. The van der Waals surface area contributed by atoms with Crippen LogP contribution in [0.15, 0.2) is 0 Å². The third-order valence-corrected chi connectivity index (χ3v) is 2.34. The third-order valence-electron chi connectivity index (χ3n) is 2.34. The average Bonchev–Trinajstić information content (AvgIpc) is 2.19. The molecule has 1 N–H and O–H groups in total. The first kappa shape index (κ1) is 11.0. The molecular weight excluding hydrogens is 166 g/mol. The lowest BCUT2D eigenvalue weighted by Gasteiger charge is -2.22. The molecule has 0 atom stereocenters. The van der Waals surface area contributed by atoms with E-state index < -0.39 is 0 Å². The number of unbranched alkanes of at least 4 members (excludes halogenated alkanes) is 1. The van der Waals surface area contributed by atoms with Crippen molar-refractivity contribution in [3.8, 4) is 0 Å². The van der Waals surface area contributed by atoms with Gasteiger partial charge in [0, 0.05) is 19.8 Å². The Balaban J connectivity index is 1.86. The van der Waals surface area contributed by atoms with Gasteiger partial charge in [0.25, 0.3) is 0 Å². The molecular formula is C10H21NO2. The molecule has 0 bridgehead atoms. The van der Waals surface area contributed by atoms with Gasteiger partial charge in [-0.15, -0.1) is 0 Å². The Hall–Kier alpha value is -0.120. The molecule has 1 heterocycles. The molecule has 0 aromatic carbocycles. The summed E-state index contributed by atoms with van der Waals surface area (Å²) in [5.41, 5.74) is 0. The Labute approximate surface area is 80.8 Å². The highest BCUT2D eigenvalue weighted by molar-refractivity contribution is 4.62. The molecule has 3 heteroatoms. The van der Waals surface area contributed by atoms with Crippen LogP contribution in [0.1, 0.15) is 25.7 Å². The maximum Gasteiger partial charge on any atom is 0.0619 e. The number of nitrogens with one attached hydrogen (secondary N) is 1. The van der Waals surface area contributed by atoms with Crippen LogP contribution in [0, 0.1) is 0 Å². The van der Waals surface area contributed by atoms with E-state index in [1.807, 2.05) is 7.05 Å². The molecule has 3 nitrogen and oxygen atoms in total. The summed E-state index contributed by atoms with van der Waals surface area (Å²) in [6.07, 6.45) is 4.99. The van der Waals surface area contributed by atoms with E-state index in [0.29, 0.717) is 6.10 Å². The van der Waals surface area contributed by atoms with Gasteiger partial charge in [-0.2, -0.15) is 0 Å². The Morgan fingerprint density at radius 1 is 1.31 bits per heavy atom. The first-order valence-electron chi connectivity index (χ1n) is 5.27. The molecule has 0 amide bonds. The minimum absolute atomic E-state index is 0.461. The molecule has 1 fully saturated rings. The van der Waals surface area contributed by atoms with E-state index in [9.17, 15) is 0 Å². The standard InChI is InChI=1S/C10H21NO2/c1-11-6-2-3-7-13-10-4-8-12-9-5-10/h10-11H,2-9H2,1H3. The monoisotopic (exact) mass is 187 g/mol. The predicted molar refractivity (Wildman–Crippen MR) is 53.0 cm³/mol. The van der Waals surface area contributed by atoms with Crippen LogP contribution in [0.4, 0.5) is 0 Å². The summed E-state index contributed by atoms with van der Waals surface area (Å²) in [6.45, 7) is 3.76. The zero-order chi connectivity index (χ0) is 9.36. The average molecular weight is 187 g/mol. The van der Waals surface area contributed by atoms with E-state index in [-0.39, 0.29) is 0 Å². The molecule has 0 aromatic heterocycles. The summed E-state index contributed by atoms with van der Waals surface area (Å²) in [6, 6.07) is 0. The molecule has 78 valence electrons. The van der Waals surface area contributed by atoms with Crippen molar-refractivity contribution in [3.63, 3.8) is 0 Å². The molecule has 1 saturated heterocycles. The molecule has 13 heavy (non-hydrogen) atoms. The van der Waals surface area contributed by atoms with Crippen LogP contribution in [0.25, 0.3) is 0 Å². The highest BCUT2D eigenvalue weighted by atomic mass is 16.5. The molecule has 1 aliphatic heterocycles. The van der Waals surface area contributed by atoms with E-state index in [2.05, 4.69) is 5.32 Å². The van der Waals surface area contributed by atoms with Crippen molar-refractivity contribution < 1.29 is 9.47 Å². The smallest absolute Gasteiger partial charge is 0.0619 e. The first-order chi connectivity index (χ1) is 6.43. The second-order valence-electron chi connectivity index (χ2n) is 3.49. The molecule has 0 saturated carbocycles. The second-order valence-corrected chi connectivity index (χ2v) is 3.49. The summed E-state index contributed by atoms with van der Waals surface area (Å²) in [7, 11) is 1.99. The molecule has 0 unspecified atom stereocenters. The minimum atomic E-state index is 0.461. The fourth-order valence-corrected chi connectivity index (χ4v) is 1.50. The maximum absolute atomic E-state index is 5.72. The summed E-state index contributed by atoms with van der Waals surface area (Å²) in [5, 5.41) is 3.13. The van der Waals surface area contributed by atoms with Gasteiger partial charge >= 0.3 is 0 Å². The lowest BCUT2D eigenvalue weighted by atomic mass is 10.1. The van der Waals surface area contributed by atoms with Crippen LogP contribution in [-0.4, -0.2) is 39.5 Å². The van der Waals surface area contributed by atoms with Crippen molar-refractivity contribution in [3.05, 3.63) is 0 Å². The third kappa shape index (κ3) is 5.24. The number of hydrogen-bond donors (Lipinski definition) is 1. The molecule has 1 rings (SSSR count). The normalized spacial score (nSPS) is 19.2. The molecule has 0 aliphatic carbocycles. The number of rotatable bonds is 6. The van der Waals surface area contributed by atoms with Crippen LogP contribution in [0.2, 0.25) is 0 Å². The Morgan fingerprint density at radius 2 is 2.08 bits per heavy atom. The summed E-state index contributed by atoms with van der Waals surface area (Å²) in [5.74, 6) is 0. The quantitative estimate of drug-likeness (QED) is 0.633.